The lowest BCUT2D eigenvalue weighted by Gasteiger charge is -2.32. The van der Waals surface area contributed by atoms with Gasteiger partial charge in [0.15, 0.2) is 5.82 Å². The Bertz CT molecular complexity index is 1480. The number of pyridine rings is 2. The summed E-state index contributed by atoms with van der Waals surface area (Å²) in [6, 6.07) is 7.26. The Morgan fingerprint density at radius 2 is 2.06 bits per heavy atom. The van der Waals surface area contributed by atoms with E-state index in [2.05, 4.69) is 20.8 Å². The molecule has 0 radical (unpaired) electrons. The number of aryl methyl sites for hydroxylation is 1. The first kappa shape index (κ1) is 23.1. The Kier molecular flexibility index (Phi) is 6.03. The van der Waals surface area contributed by atoms with E-state index >= 15 is 0 Å². The summed E-state index contributed by atoms with van der Waals surface area (Å²) in [5, 5.41) is 19.1. The molecule has 0 aliphatic carbocycles. The second kappa shape index (κ2) is 9.15. The topological polar surface area (TPSA) is 92.1 Å². The van der Waals surface area contributed by atoms with Crippen LogP contribution in [0.4, 0.5) is 4.39 Å². The largest absolute Gasteiger partial charge is 0.343 e. The normalized spacial score (nSPS) is 14.4. The molecule has 1 saturated heterocycles. The third-order valence-electron chi connectivity index (χ3n) is 6.50. The van der Waals surface area contributed by atoms with Crippen molar-refractivity contribution in [2.45, 2.75) is 49.6 Å². The van der Waals surface area contributed by atoms with Crippen molar-refractivity contribution >= 4 is 23.2 Å². The molecule has 35 heavy (non-hydrogen) atoms. The van der Waals surface area contributed by atoms with Crippen LogP contribution >= 0.6 is 11.8 Å². The predicted octanol–water partition coefficient (Wildman–Crippen LogP) is 4.56. The number of rotatable bonds is 4. The van der Waals surface area contributed by atoms with Crippen molar-refractivity contribution in [1.82, 2.24) is 29.3 Å². The highest BCUT2D eigenvalue weighted by molar-refractivity contribution is 7.99. The number of amides is 1. The second-order valence-corrected chi connectivity index (χ2v) is 9.71. The van der Waals surface area contributed by atoms with Gasteiger partial charge in [0.1, 0.15) is 11.1 Å². The maximum Gasteiger partial charge on any atom is 0.219 e. The average Bonchev–Trinajstić information content (AvgIpc) is 3.40. The Hall–Kier alpha value is -3.71. The minimum absolute atomic E-state index is 0.108. The second-order valence-electron chi connectivity index (χ2n) is 8.68. The molecular formula is C25H24FN7OS. The lowest BCUT2D eigenvalue weighted by molar-refractivity contribution is -0.130. The van der Waals surface area contributed by atoms with Crippen molar-refractivity contribution in [3.05, 3.63) is 59.6 Å². The molecular weight excluding hydrogens is 465 g/mol. The van der Waals surface area contributed by atoms with Crippen molar-refractivity contribution in [3.8, 4) is 17.2 Å². The molecule has 10 heteroatoms. The number of hydrogen-bond acceptors (Lipinski definition) is 6. The Labute approximate surface area is 206 Å². The van der Waals surface area contributed by atoms with Gasteiger partial charge in [0.2, 0.25) is 5.91 Å². The van der Waals surface area contributed by atoms with Crippen LogP contribution in [-0.2, 0) is 4.79 Å². The van der Waals surface area contributed by atoms with Crippen LogP contribution in [-0.4, -0.2) is 48.3 Å². The zero-order valence-electron chi connectivity index (χ0n) is 19.7. The molecule has 4 aromatic rings. The van der Waals surface area contributed by atoms with Gasteiger partial charge in [0, 0.05) is 54.1 Å². The van der Waals surface area contributed by atoms with Gasteiger partial charge in [0.25, 0.3) is 0 Å². The summed E-state index contributed by atoms with van der Waals surface area (Å²) < 4.78 is 18.1. The third kappa shape index (κ3) is 4.17. The molecule has 1 fully saturated rings. The van der Waals surface area contributed by atoms with Crippen LogP contribution in [0.2, 0.25) is 0 Å². The van der Waals surface area contributed by atoms with E-state index in [4.69, 9.17) is 5.10 Å². The minimum atomic E-state index is -0.420. The SMILES string of the molecule is CC(=O)N1CCC(n2nc(C)c(-c3cc(Sc4ncccc4F)c4c(C#N)cnn4c3)c2C)CC1. The summed E-state index contributed by atoms with van der Waals surface area (Å²) >= 11 is 1.17. The molecule has 178 valence electrons. The lowest BCUT2D eigenvalue weighted by atomic mass is 10.0. The van der Waals surface area contributed by atoms with Crippen LogP contribution in [0.15, 0.2) is 46.7 Å². The van der Waals surface area contributed by atoms with E-state index in [9.17, 15) is 14.4 Å². The smallest absolute Gasteiger partial charge is 0.219 e. The van der Waals surface area contributed by atoms with Crippen molar-refractivity contribution < 1.29 is 9.18 Å². The fourth-order valence-electron chi connectivity index (χ4n) is 4.79. The molecule has 0 saturated carbocycles. The number of piperidine rings is 1. The number of fused-ring (bicyclic) bond motifs is 1. The Morgan fingerprint density at radius 1 is 1.29 bits per heavy atom. The van der Waals surface area contributed by atoms with Crippen LogP contribution in [0.1, 0.15) is 42.8 Å². The number of carbonyl (C=O) groups excluding carboxylic acids is 1. The van der Waals surface area contributed by atoms with E-state index < -0.39 is 5.82 Å². The molecule has 5 heterocycles. The van der Waals surface area contributed by atoms with Crippen LogP contribution in [0, 0.1) is 31.0 Å². The summed E-state index contributed by atoms with van der Waals surface area (Å²) in [6.07, 6.45) is 6.65. The average molecular weight is 490 g/mol. The molecule has 5 rings (SSSR count). The number of nitriles is 1. The fourth-order valence-corrected chi connectivity index (χ4v) is 5.77. The van der Waals surface area contributed by atoms with Crippen LogP contribution < -0.4 is 0 Å². The van der Waals surface area contributed by atoms with Crippen molar-refractivity contribution in [2.24, 2.45) is 0 Å². The summed E-state index contributed by atoms with van der Waals surface area (Å²) in [4.78, 5) is 18.5. The number of carbonyl (C=O) groups is 1. The van der Waals surface area contributed by atoms with Gasteiger partial charge in [-0.2, -0.15) is 15.5 Å². The fraction of sp³-hybridized carbons (Fsp3) is 0.320. The zero-order chi connectivity index (χ0) is 24.7. The van der Waals surface area contributed by atoms with Crippen LogP contribution in [0.5, 0.6) is 0 Å². The summed E-state index contributed by atoms with van der Waals surface area (Å²) in [7, 11) is 0. The van der Waals surface area contributed by atoms with Crippen molar-refractivity contribution in [3.63, 3.8) is 0 Å². The van der Waals surface area contributed by atoms with Gasteiger partial charge in [0.05, 0.1) is 29.0 Å². The van der Waals surface area contributed by atoms with Gasteiger partial charge >= 0.3 is 0 Å². The quantitative estimate of drug-likeness (QED) is 0.417. The number of aromatic nitrogens is 5. The highest BCUT2D eigenvalue weighted by Gasteiger charge is 2.26. The number of halogens is 1. The third-order valence-corrected chi connectivity index (χ3v) is 7.52. The predicted molar refractivity (Wildman–Crippen MR) is 129 cm³/mol. The van der Waals surface area contributed by atoms with Crippen LogP contribution in [0.25, 0.3) is 16.6 Å². The molecule has 0 aromatic carbocycles. The molecule has 8 nitrogen and oxygen atoms in total. The molecule has 0 spiro atoms. The standard InChI is InChI=1S/C25H24FN7OS/c1-15-23(16(2)33(30-15)20-6-9-31(10-7-20)17(3)34)18-11-22(35-25-21(26)5-4-8-28-25)24-19(12-27)13-29-32(24)14-18/h4-5,8,11,13-14,20H,6-7,9-10H2,1-3H3. The molecule has 1 aliphatic heterocycles. The first-order valence-corrected chi connectivity index (χ1v) is 12.2. The van der Waals surface area contributed by atoms with E-state index in [0.717, 1.165) is 48.4 Å². The highest BCUT2D eigenvalue weighted by Crippen LogP contribution is 2.38. The monoisotopic (exact) mass is 489 g/mol. The first-order valence-electron chi connectivity index (χ1n) is 11.4. The molecule has 1 amide bonds. The summed E-state index contributed by atoms with van der Waals surface area (Å²) in [5.74, 6) is -0.313. The van der Waals surface area contributed by atoms with Gasteiger partial charge in [-0.05, 0) is 44.9 Å². The number of nitrogens with zero attached hydrogens (tertiary/aromatic N) is 7. The van der Waals surface area contributed by atoms with E-state index in [0.29, 0.717) is 16.0 Å². The van der Waals surface area contributed by atoms with Gasteiger partial charge in [-0.25, -0.2) is 13.9 Å². The lowest BCUT2D eigenvalue weighted by Crippen LogP contribution is -2.38. The van der Waals surface area contributed by atoms with Gasteiger partial charge in [-0.15, -0.1) is 0 Å². The van der Waals surface area contributed by atoms with Crippen molar-refractivity contribution in [2.75, 3.05) is 13.1 Å². The maximum absolute atomic E-state index is 14.4. The summed E-state index contributed by atoms with van der Waals surface area (Å²) in [6.45, 7) is 7.08. The molecule has 0 unspecified atom stereocenters. The van der Waals surface area contributed by atoms with E-state index in [1.807, 2.05) is 31.0 Å². The molecule has 0 bridgehead atoms. The van der Waals surface area contributed by atoms with Gasteiger partial charge in [-0.3, -0.25) is 9.48 Å². The zero-order valence-corrected chi connectivity index (χ0v) is 20.5. The van der Waals surface area contributed by atoms with Gasteiger partial charge < -0.3 is 4.90 Å². The molecule has 0 atom stereocenters. The molecule has 0 N–H and O–H groups in total. The highest BCUT2D eigenvalue weighted by atomic mass is 32.2. The maximum atomic E-state index is 14.4. The minimum Gasteiger partial charge on any atom is -0.343 e. The molecule has 4 aromatic heterocycles. The van der Waals surface area contributed by atoms with Crippen molar-refractivity contribution in [1.29, 1.82) is 5.26 Å². The van der Waals surface area contributed by atoms with E-state index in [-0.39, 0.29) is 17.0 Å². The first-order chi connectivity index (χ1) is 16.9. The van der Waals surface area contributed by atoms with E-state index in [1.54, 1.807) is 23.7 Å². The Balaban J connectivity index is 1.57. The molecule has 1 aliphatic rings. The van der Waals surface area contributed by atoms with Crippen LogP contribution in [0.3, 0.4) is 0 Å². The van der Waals surface area contributed by atoms with Gasteiger partial charge in [-0.1, -0.05) is 11.8 Å². The number of likely N-dealkylation sites (tertiary alicyclic amines) is 1. The Morgan fingerprint density at radius 3 is 2.74 bits per heavy atom. The van der Waals surface area contributed by atoms with E-state index in [1.165, 1.54) is 24.0 Å². The summed E-state index contributed by atoms with van der Waals surface area (Å²) in [5.41, 5.74) is 4.80. The number of hydrogen-bond donors (Lipinski definition) is 0.